The number of nitrogens with zero attached hydrogens (tertiary/aromatic N) is 2. The van der Waals surface area contributed by atoms with Crippen molar-refractivity contribution in [3.8, 4) is 5.69 Å². The van der Waals surface area contributed by atoms with Gasteiger partial charge in [0.2, 0.25) is 0 Å². The lowest BCUT2D eigenvalue weighted by Crippen LogP contribution is -2.27. The van der Waals surface area contributed by atoms with E-state index in [-0.39, 0.29) is 0 Å². The van der Waals surface area contributed by atoms with Gasteiger partial charge in [0.15, 0.2) is 0 Å². The molecule has 2 heterocycles. The molecule has 3 nitrogen and oxygen atoms in total. The van der Waals surface area contributed by atoms with Crippen LogP contribution in [0.5, 0.6) is 0 Å². The van der Waals surface area contributed by atoms with Crippen LogP contribution < -0.4 is 5.32 Å². The van der Waals surface area contributed by atoms with Gasteiger partial charge in [-0.1, -0.05) is 22.0 Å². The van der Waals surface area contributed by atoms with Crippen molar-refractivity contribution in [2.75, 3.05) is 13.1 Å². The van der Waals surface area contributed by atoms with Gasteiger partial charge in [0.1, 0.15) is 0 Å². The molecule has 1 aromatic carbocycles. The van der Waals surface area contributed by atoms with Gasteiger partial charge in [0, 0.05) is 22.3 Å². The fourth-order valence-corrected chi connectivity index (χ4v) is 3.12. The number of benzene rings is 1. The molecule has 100 valence electrons. The van der Waals surface area contributed by atoms with Gasteiger partial charge in [-0.2, -0.15) is 0 Å². The van der Waals surface area contributed by atoms with E-state index in [2.05, 4.69) is 55.9 Å². The van der Waals surface area contributed by atoms with Crippen LogP contribution >= 0.6 is 15.9 Å². The van der Waals surface area contributed by atoms with E-state index >= 15 is 0 Å². The number of aryl methyl sites for hydroxylation is 1. The summed E-state index contributed by atoms with van der Waals surface area (Å²) in [4.78, 5) is 4.37. The Morgan fingerprint density at radius 3 is 2.89 bits per heavy atom. The molecule has 0 aliphatic carbocycles. The molecule has 0 bridgehead atoms. The smallest absolute Gasteiger partial charge is 0.0994 e. The van der Waals surface area contributed by atoms with Gasteiger partial charge < -0.3 is 9.88 Å². The molecule has 0 radical (unpaired) electrons. The first kappa shape index (κ1) is 12.9. The second-order valence-electron chi connectivity index (χ2n) is 5.14. The summed E-state index contributed by atoms with van der Waals surface area (Å²) in [7, 11) is 0. The summed E-state index contributed by atoms with van der Waals surface area (Å²) in [5, 5.41) is 3.42. The highest BCUT2D eigenvalue weighted by Gasteiger charge is 2.19. The Labute approximate surface area is 122 Å². The number of imidazole rings is 1. The molecule has 1 aliphatic heterocycles. The summed E-state index contributed by atoms with van der Waals surface area (Å²) < 4.78 is 3.36. The van der Waals surface area contributed by atoms with E-state index < -0.39 is 0 Å². The van der Waals surface area contributed by atoms with Gasteiger partial charge in [0.05, 0.1) is 12.0 Å². The van der Waals surface area contributed by atoms with Crippen molar-refractivity contribution >= 4 is 15.9 Å². The van der Waals surface area contributed by atoms with Crippen LogP contribution in [0.3, 0.4) is 0 Å². The van der Waals surface area contributed by atoms with Crippen molar-refractivity contribution in [2.45, 2.75) is 25.7 Å². The Morgan fingerprint density at radius 2 is 2.11 bits per heavy atom. The maximum absolute atomic E-state index is 4.37. The SMILES string of the molecule is Cc1ccc(Br)cc1-n1cncc1C1CCNCC1. The van der Waals surface area contributed by atoms with Crippen molar-refractivity contribution in [1.82, 2.24) is 14.9 Å². The summed E-state index contributed by atoms with van der Waals surface area (Å²) in [6.07, 6.45) is 6.35. The van der Waals surface area contributed by atoms with Gasteiger partial charge >= 0.3 is 0 Å². The third kappa shape index (κ3) is 2.60. The predicted octanol–water partition coefficient (Wildman–Crippen LogP) is 3.41. The van der Waals surface area contributed by atoms with E-state index in [0.717, 1.165) is 17.6 Å². The highest BCUT2D eigenvalue weighted by Crippen LogP contribution is 2.29. The minimum Gasteiger partial charge on any atom is -0.317 e. The first-order valence-electron chi connectivity index (χ1n) is 6.75. The molecule has 2 aromatic rings. The quantitative estimate of drug-likeness (QED) is 0.919. The average molecular weight is 320 g/mol. The highest BCUT2D eigenvalue weighted by atomic mass is 79.9. The molecule has 1 fully saturated rings. The Bertz CT molecular complexity index is 571. The molecule has 0 saturated carbocycles. The number of hydrogen-bond donors (Lipinski definition) is 1. The summed E-state index contributed by atoms with van der Waals surface area (Å²) in [5.41, 5.74) is 3.83. The number of halogens is 1. The van der Waals surface area contributed by atoms with Crippen LogP contribution in [0, 0.1) is 6.92 Å². The Kier molecular flexibility index (Phi) is 3.71. The molecule has 1 aliphatic rings. The molecule has 1 aromatic heterocycles. The second-order valence-corrected chi connectivity index (χ2v) is 6.06. The molecular formula is C15H18BrN3. The monoisotopic (exact) mass is 319 g/mol. The lowest BCUT2D eigenvalue weighted by atomic mass is 9.94. The molecule has 0 amide bonds. The minimum atomic E-state index is 0.613. The third-order valence-electron chi connectivity index (χ3n) is 3.86. The van der Waals surface area contributed by atoms with Gasteiger partial charge in [-0.25, -0.2) is 4.98 Å². The summed E-state index contributed by atoms with van der Waals surface area (Å²) in [5.74, 6) is 0.613. The zero-order chi connectivity index (χ0) is 13.2. The Balaban J connectivity index is 2.01. The van der Waals surface area contributed by atoms with Gasteiger partial charge in [-0.15, -0.1) is 0 Å². The van der Waals surface area contributed by atoms with Crippen LogP contribution in [-0.4, -0.2) is 22.6 Å². The fourth-order valence-electron chi connectivity index (χ4n) is 2.77. The highest BCUT2D eigenvalue weighted by molar-refractivity contribution is 9.10. The van der Waals surface area contributed by atoms with Crippen LogP contribution in [0.25, 0.3) is 5.69 Å². The van der Waals surface area contributed by atoms with Crippen molar-refractivity contribution in [1.29, 1.82) is 0 Å². The minimum absolute atomic E-state index is 0.613. The number of nitrogens with one attached hydrogen (secondary N) is 1. The van der Waals surface area contributed by atoms with Crippen LogP contribution in [0.15, 0.2) is 35.2 Å². The third-order valence-corrected chi connectivity index (χ3v) is 4.35. The normalized spacial score (nSPS) is 16.7. The zero-order valence-electron chi connectivity index (χ0n) is 11.1. The van der Waals surface area contributed by atoms with Crippen molar-refractivity contribution in [3.63, 3.8) is 0 Å². The van der Waals surface area contributed by atoms with Crippen LogP contribution in [0.4, 0.5) is 0 Å². The number of aromatic nitrogens is 2. The standard InChI is InChI=1S/C15H18BrN3/c1-11-2-3-13(16)8-14(11)19-10-18-9-15(19)12-4-6-17-7-5-12/h2-3,8-10,12,17H,4-7H2,1H3. The molecule has 1 saturated heterocycles. The van der Waals surface area contributed by atoms with Gasteiger partial charge in [-0.3, -0.25) is 0 Å². The van der Waals surface area contributed by atoms with Gasteiger partial charge in [-0.05, 0) is 50.6 Å². The molecule has 19 heavy (non-hydrogen) atoms. The summed E-state index contributed by atoms with van der Waals surface area (Å²) in [6.45, 7) is 4.36. The molecule has 0 atom stereocenters. The molecule has 3 rings (SSSR count). The van der Waals surface area contributed by atoms with E-state index in [4.69, 9.17) is 0 Å². The van der Waals surface area contributed by atoms with Crippen molar-refractivity contribution in [3.05, 3.63) is 46.5 Å². The Morgan fingerprint density at radius 1 is 1.32 bits per heavy atom. The summed E-state index contributed by atoms with van der Waals surface area (Å²) >= 11 is 3.56. The molecule has 4 heteroatoms. The molecule has 0 unspecified atom stereocenters. The molecular weight excluding hydrogens is 302 g/mol. The lowest BCUT2D eigenvalue weighted by Gasteiger charge is -2.24. The van der Waals surface area contributed by atoms with E-state index in [1.54, 1.807) is 0 Å². The summed E-state index contributed by atoms with van der Waals surface area (Å²) in [6, 6.07) is 6.40. The topological polar surface area (TPSA) is 29.9 Å². The van der Waals surface area contributed by atoms with Gasteiger partial charge in [0.25, 0.3) is 0 Å². The fraction of sp³-hybridized carbons (Fsp3) is 0.400. The number of hydrogen-bond acceptors (Lipinski definition) is 2. The van der Waals surface area contributed by atoms with Crippen molar-refractivity contribution < 1.29 is 0 Å². The largest absolute Gasteiger partial charge is 0.317 e. The predicted molar refractivity (Wildman–Crippen MR) is 80.8 cm³/mol. The molecule has 0 spiro atoms. The zero-order valence-corrected chi connectivity index (χ0v) is 12.7. The number of rotatable bonds is 2. The van der Waals surface area contributed by atoms with Crippen LogP contribution in [0.1, 0.15) is 30.0 Å². The second kappa shape index (κ2) is 5.47. The van der Waals surface area contributed by atoms with Crippen LogP contribution in [0.2, 0.25) is 0 Å². The average Bonchev–Trinajstić information content (AvgIpc) is 2.91. The maximum atomic E-state index is 4.37. The molecule has 1 N–H and O–H groups in total. The van der Waals surface area contributed by atoms with Crippen molar-refractivity contribution in [2.24, 2.45) is 0 Å². The van der Waals surface area contributed by atoms with Crippen LogP contribution in [-0.2, 0) is 0 Å². The van der Waals surface area contributed by atoms with E-state index in [1.165, 1.54) is 29.8 Å². The maximum Gasteiger partial charge on any atom is 0.0994 e. The van der Waals surface area contributed by atoms with E-state index in [0.29, 0.717) is 5.92 Å². The lowest BCUT2D eigenvalue weighted by molar-refractivity contribution is 0.449. The van der Waals surface area contributed by atoms with E-state index in [9.17, 15) is 0 Å². The Hall–Kier alpha value is -1.13. The first-order chi connectivity index (χ1) is 9.25. The number of piperidine rings is 1. The van der Waals surface area contributed by atoms with E-state index in [1.807, 2.05) is 12.5 Å². The first-order valence-corrected chi connectivity index (χ1v) is 7.54.